The van der Waals surface area contributed by atoms with Crippen LogP contribution in [0, 0.1) is 5.92 Å². The van der Waals surface area contributed by atoms with Crippen molar-refractivity contribution in [2.24, 2.45) is 5.92 Å². The Bertz CT molecular complexity index is 3200. The van der Waals surface area contributed by atoms with Gasteiger partial charge in [0, 0.05) is 39.9 Å². The van der Waals surface area contributed by atoms with Crippen molar-refractivity contribution in [1.82, 2.24) is 14.8 Å². The summed E-state index contributed by atoms with van der Waals surface area (Å²) in [5, 5.41) is 12.0. The molecular weight excluding hydrogens is 695 g/mol. The van der Waals surface area contributed by atoms with Crippen LogP contribution in [0.2, 0.25) is 0 Å². The van der Waals surface area contributed by atoms with E-state index in [2.05, 4.69) is 181 Å². The molecule has 3 heterocycles. The topological polar surface area (TPSA) is 43.9 Å². The SMILES string of the molecule is C1=CC2C(c3ccc4c(c3)C3(c5ccccc5-c5ccccc53)c3ccccc3-4)=Cn3c(-c4ccc(-c5cccc6c5oc5ccccc56)cc4)nnc3C2C=C1. The minimum atomic E-state index is -0.395. The van der Waals surface area contributed by atoms with E-state index in [-0.39, 0.29) is 11.8 Å². The molecule has 3 aliphatic carbocycles. The summed E-state index contributed by atoms with van der Waals surface area (Å²) in [6.45, 7) is 0. The van der Waals surface area contributed by atoms with Gasteiger partial charge in [-0.3, -0.25) is 4.57 Å². The van der Waals surface area contributed by atoms with Gasteiger partial charge < -0.3 is 4.42 Å². The number of furan rings is 1. The van der Waals surface area contributed by atoms with Crippen LogP contribution in [-0.2, 0) is 5.41 Å². The van der Waals surface area contributed by atoms with Crippen molar-refractivity contribution >= 4 is 33.7 Å². The maximum atomic E-state index is 6.38. The number of benzene rings is 7. The average Bonchev–Trinajstić information content (AvgIpc) is 4.03. The second-order valence-electron chi connectivity index (χ2n) is 15.7. The Labute approximate surface area is 329 Å². The first-order chi connectivity index (χ1) is 28.3. The van der Waals surface area contributed by atoms with Crippen molar-refractivity contribution in [1.29, 1.82) is 0 Å². The van der Waals surface area contributed by atoms with Gasteiger partial charge in [0.2, 0.25) is 0 Å². The third-order valence-electron chi connectivity index (χ3n) is 13.0. The molecule has 7 aromatic carbocycles. The fourth-order valence-electron chi connectivity index (χ4n) is 10.5. The molecule has 2 unspecified atom stereocenters. The smallest absolute Gasteiger partial charge is 0.168 e. The third-order valence-corrected chi connectivity index (χ3v) is 13.0. The summed E-state index contributed by atoms with van der Waals surface area (Å²) in [6, 6.07) is 57.5. The number of nitrogens with zero attached hydrogens (tertiary/aromatic N) is 3. The summed E-state index contributed by atoms with van der Waals surface area (Å²) in [5.41, 5.74) is 17.7. The van der Waals surface area contributed by atoms with Crippen LogP contribution >= 0.6 is 0 Å². The van der Waals surface area contributed by atoms with Crippen molar-refractivity contribution in [3.8, 4) is 44.8 Å². The molecule has 0 radical (unpaired) electrons. The van der Waals surface area contributed by atoms with E-state index in [4.69, 9.17) is 14.6 Å². The van der Waals surface area contributed by atoms with Gasteiger partial charge in [0.1, 0.15) is 17.0 Å². The van der Waals surface area contributed by atoms with Gasteiger partial charge in [-0.05, 0) is 73.3 Å². The first-order valence-corrected chi connectivity index (χ1v) is 19.7. The lowest BCUT2D eigenvalue weighted by molar-refractivity contribution is 0.644. The zero-order valence-corrected chi connectivity index (χ0v) is 30.8. The Morgan fingerprint density at radius 2 is 1.05 bits per heavy atom. The number of fused-ring (bicyclic) bond motifs is 16. The normalized spacial score (nSPS) is 17.6. The predicted molar refractivity (Wildman–Crippen MR) is 230 cm³/mol. The fourth-order valence-corrected chi connectivity index (χ4v) is 10.5. The monoisotopic (exact) mass is 727 g/mol. The Balaban J connectivity index is 0.962. The number of rotatable bonds is 3. The minimum absolute atomic E-state index is 0.0635. The number of hydrogen-bond acceptors (Lipinski definition) is 3. The van der Waals surface area contributed by atoms with Gasteiger partial charge >= 0.3 is 0 Å². The molecular formula is C53H33N3O. The number of aromatic nitrogens is 3. The second-order valence-corrected chi connectivity index (χ2v) is 15.7. The molecule has 2 aromatic heterocycles. The molecule has 1 aliphatic heterocycles. The van der Waals surface area contributed by atoms with Crippen molar-refractivity contribution in [3.05, 3.63) is 216 Å². The lowest BCUT2D eigenvalue weighted by Crippen LogP contribution is -2.26. The largest absolute Gasteiger partial charge is 0.455 e. The summed E-state index contributed by atoms with van der Waals surface area (Å²) in [5.74, 6) is 1.99. The van der Waals surface area contributed by atoms with Gasteiger partial charge in [0.15, 0.2) is 5.82 Å². The highest BCUT2D eigenvalue weighted by Crippen LogP contribution is 2.63. The molecule has 0 bridgehead atoms. The van der Waals surface area contributed by atoms with E-state index in [0.29, 0.717) is 0 Å². The Kier molecular flexibility index (Phi) is 6.18. The van der Waals surface area contributed by atoms with Gasteiger partial charge in [-0.2, -0.15) is 0 Å². The average molecular weight is 728 g/mol. The molecule has 2 atom stereocenters. The Morgan fingerprint density at radius 1 is 0.474 bits per heavy atom. The van der Waals surface area contributed by atoms with Crippen LogP contribution in [0.1, 0.15) is 39.6 Å². The van der Waals surface area contributed by atoms with E-state index in [1.807, 2.05) is 12.1 Å². The first-order valence-electron chi connectivity index (χ1n) is 19.7. The molecule has 4 nitrogen and oxygen atoms in total. The molecule has 0 saturated heterocycles. The molecule has 4 heteroatoms. The molecule has 13 rings (SSSR count). The van der Waals surface area contributed by atoms with Crippen molar-refractivity contribution < 1.29 is 4.42 Å². The minimum Gasteiger partial charge on any atom is -0.455 e. The molecule has 266 valence electrons. The van der Waals surface area contributed by atoms with Crippen LogP contribution in [0.5, 0.6) is 0 Å². The van der Waals surface area contributed by atoms with Gasteiger partial charge in [-0.15, -0.1) is 10.2 Å². The molecule has 1 spiro atoms. The summed E-state index contributed by atoms with van der Waals surface area (Å²) in [7, 11) is 0. The maximum Gasteiger partial charge on any atom is 0.168 e. The molecule has 9 aromatic rings. The van der Waals surface area contributed by atoms with Gasteiger partial charge in [-0.25, -0.2) is 0 Å². The van der Waals surface area contributed by atoms with Crippen LogP contribution in [0.3, 0.4) is 0 Å². The lowest BCUT2D eigenvalue weighted by Gasteiger charge is -2.33. The number of allylic oxidation sites excluding steroid dienone is 5. The van der Waals surface area contributed by atoms with Crippen LogP contribution in [0.4, 0.5) is 0 Å². The molecule has 4 aliphatic rings. The Morgan fingerprint density at radius 3 is 1.79 bits per heavy atom. The van der Waals surface area contributed by atoms with E-state index >= 15 is 0 Å². The van der Waals surface area contributed by atoms with E-state index in [9.17, 15) is 0 Å². The van der Waals surface area contributed by atoms with E-state index < -0.39 is 5.41 Å². The first kappa shape index (κ1) is 31.0. The van der Waals surface area contributed by atoms with Crippen molar-refractivity contribution in [2.75, 3.05) is 0 Å². The second kappa shape index (κ2) is 11.4. The Hall–Kier alpha value is -7.30. The fraction of sp³-hybridized carbons (Fsp3) is 0.0566. The van der Waals surface area contributed by atoms with Gasteiger partial charge in [0.05, 0.1) is 5.41 Å². The highest BCUT2D eigenvalue weighted by molar-refractivity contribution is 6.09. The van der Waals surface area contributed by atoms with Crippen LogP contribution in [0.25, 0.3) is 78.5 Å². The standard InChI is InChI=1S/C53H33N3O/c1-2-17-43-36(12-1)44(31-56-51(54-55-52(43)56)33-26-24-32(25-27-33)35-18-11-19-42-41-16-6-10-23-49(41)57-50(35)42)34-28-29-40-39-15-5-9-22-47(39)53(48(40)30-34)45-20-7-3-13-37(45)38-14-4-8-21-46(38)53/h1-31,36,43H. The summed E-state index contributed by atoms with van der Waals surface area (Å²) in [6.07, 6.45) is 11.2. The highest BCUT2D eigenvalue weighted by atomic mass is 16.3. The zero-order valence-electron chi connectivity index (χ0n) is 30.8. The summed E-state index contributed by atoms with van der Waals surface area (Å²) >= 11 is 0. The molecule has 57 heavy (non-hydrogen) atoms. The third kappa shape index (κ3) is 4.06. The number of hydrogen-bond donors (Lipinski definition) is 0. The maximum absolute atomic E-state index is 6.38. The highest BCUT2D eigenvalue weighted by Gasteiger charge is 2.51. The molecule has 0 N–H and O–H groups in total. The number of para-hydroxylation sites is 2. The quantitative estimate of drug-likeness (QED) is 0.182. The molecule has 0 saturated carbocycles. The van der Waals surface area contributed by atoms with Gasteiger partial charge in [0.25, 0.3) is 0 Å². The van der Waals surface area contributed by atoms with E-state index in [1.165, 1.54) is 55.6 Å². The van der Waals surface area contributed by atoms with E-state index in [1.54, 1.807) is 0 Å². The van der Waals surface area contributed by atoms with Crippen LogP contribution in [0.15, 0.2) is 186 Å². The zero-order chi connectivity index (χ0) is 37.2. The lowest BCUT2D eigenvalue weighted by atomic mass is 9.70. The summed E-state index contributed by atoms with van der Waals surface area (Å²) in [4.78, 5) is 0. The molecule has 0 amide bonds. The van der Waals surface area contributed by atoms with Crippen LogP contribution < -0.4 is 0 Å². The van der Waals surface area contributed by atoms with E-state index in [0.717, 1.165) is 50.3 Å². The van der Waals surface area contributed by atoms with Crippen molar-refractivity contribution in [3.63, 3.8) is 0 Å². The van der Waals surface area contributed by atoms with Crippen LogP contribution in [-0.4, -0.2) is 14.8 Å². The van der Waals surface area contributed by atoms with Crippen molar-refractivity contribution in [2.45, 2.75) is 11.3 Å². The predicted octanol–water partition coefficient (Wildman–Crippen LogP) is 12.7. The molecule has 0 fully saturated rings. The van der Waals surface area contributed by atoms with Gasteiger partial charge in [-0.1, -0.05) is 170 Å². The summed E-state index contributed by atoms with van der Waals surface area (Å²) < 4.78 is 8.61.